The normalized spacial score (nSPS) is 17.2. The maximum atomic E-state index is 15.2. The molecule has 0 saturated heterocycles. The van der Waals surface area contributed by atoms with Gasteiger partial charge in [-0.05, 0) is 58.2 Å². The van der Waals surface area contributed by atoms with Crippen LogP contribution in [-0.4, -0.2) is 52.8 Å². The van der Waals surface area contributed by atoms with Crippen LogP contribution in [0.3, 0.4) is 0 Å². The third kappa shape index (κ3) is 5.99. The summed E-state index contributed by atoms with van der Waals surface area (Å²) in [5.74, 6) is -0.762. The minimum atomic E-state index is -0.458. The zero-order chi connectivity index (χ0) is 25.7. The van der Waals surface area contributed by atoms with Crippen LogP contribution < -0.4 is 16.6 Å². The molecule has 1 heterocycles. The van der Waals surface area contributed by atoms with Gasteiger partial charge in [-0.15, -0.1) is 0 Å². The number of benzene rings is 1. The molecule has 2 fully saturated rings. The molecule has 2 saturated carbocycles. The molecule has 0 amide bonds. The number of hydrogen-bond acceptors (Lipinski definition) is 6. The number of esters is 1. The lowest BCUT2D eigenvalue weighted by Crippen LogP contribution is -2.42. The van der Waals surface area contributed by atoms with E-state index < -0.39 is 11.4 Å². The van der Waals surface area contributed by atoms with Gasteiger partial charge in [0, 0.05) is 25.2 Å². The molecule has 8 nitrogen and oxygen atoms in total. The third-order valence-electron chi connectivity index (χ3n) is 7.54. The molecule has 198 valence electrons. The van der Waals surface area contributed by atoms with Crippen molar-refractivity contribution in [3.63, 3.8) is 0 Å². The van der Waals surface area contributed by atoms with Crippen molar-refractivity contribution in [2.75, 3.05) is 32.1 Å². The van der Waals surface area contributed by atoms with Crippen molar-refractivity contribution in [2.24, 2.45) is 0 Å². The van der Waals surface area contributed by atoms with Gasteiger partial charge in [-0.2, -0.15) is 0 Å². The van der Waals surface area contributed by atoms with Crippen molar-refractivity contribution in [2.45, 2.75) is 89.8 Å². The lowest BCUT2D eigenvalue weighted by molar-refractivity contribution is -0.144. The maximum absolute atomic E-state index is 15.2. The molecule has 1 aromatic carbocycles. The molecule has 2 aliphatic carbocycles. The number of carbonyl (C=O) groups is 1. The SMILES string of the molecule is CCOC(=O)CN(C)CCCn1c(=O)c2cc(F)c(NC3CCCCC3)cc2n(C2CCCC2)c1=O. The first-order valence-electron chi connectivity index (χ1n) is 13.5. The molecule has 0 unspecified atom stereocenters. The molecule has 1 aromatic heterocycles. The quantitative estimate of drug-likeness (QED) is 0.494. The highest BCUT2D eigenvalue weighted by Gasteiger charge is 2.25. The van der Waals surface area contributed by atoms with Crippen LogP contribution in [0.25, 0.3) is 10.9 Å². The first-order chi connectivity index (χ1) is 17.4. The average molecular weight is 503 g/mol. The van der Waals surface area contributed by atoms with E-state index in [2.05, 4.69) is 5.32 Å². The summed E-state index contributed by atoms with van der Waals surface area (Å²) in [4.78, 5) is 40.5. The van der Waals surface area contributed by atoms with E-state index in [4.69, 9.17) is 4.74 Å². The minimum Gasteiger partial charge on any atom is -0.465 e. The molecule has 0 atom stereocenters. The first kappa shape index (κ1) is 26.4. The van der Waals surface area contributed by atoms with Crippen molar-refractivity contribution in [1.82, 2.24) is 14.0 Å². The summed E-state index contributed by atoms with van der Waals surface area (Å²) >= 11 is 0. The number of carbonyl (C=O) groups excluding carboxylic acids is 1. The zero-order valence-corrected chi connectivity index (χ0v) is 21.6. The Labute approximate surface area is 211 Å². The second-order valence-corrected chi connectivity index (χ2v) is 10.3. The topological polar surface area (TPSA) is 85.6 Å². The lowest BCUT2D eigenvalue weighted by atomic mass is 9.95. The Balaban J connectivity index is 1.64. The van der Waals surface area contributed by atoms with Crippen LogP contribution in [0.1, 0.15) is 77.2 Å². The number of fused-ring (bicyclic) bond motifs is 1. The molecular formula is C27H39FN4O4. The second-order valence-electron chi connectivity index (χ2n) is 10.3. The Morgan fingerprint density at radius 3 is 2.50 bits per heavy atom. The fourth-order valence-corrected chi connectivity index (χ4v) is 5.69. The van der Waals surface area contributed by atoms with Gasteiger partial charge in [-0.1, -0.05) is 32.1 Å². The van der Waals surface area contributed by atoms with Crippen LogP contribution in [0.5, 0.6) is 0 Å². The highest BCUT2D eigenvalue weighted by molar-refractivity contribution is 5.82. The van der Waals surface area contributed by atoms with Crippen LogP contribution in [0.15, 0.2) is 21.7 Å². The Kier molecular flexibility index (Phi) is 8.82. The monoisotopic (exact) mass is 502 g/mol. The predicted octanol–water partition coefficient (Wildman–Crippen LogP) is 4.05. The van der Waals surface area contributed by atoms with Crippen molar-refractivity contribution in [3.05, 3.63) is 38.8 Å². The Hall–Kier alpha value is -2.68. The average Bonchev–Trinajstić information content (AvgIpc) is 3.38. The number of anilines is 1. The molecule has 1 N–H and O–H groups in total. The van der Waals surface area contributed by atoms with Crippen molar-refractivity contribution in [3.8, 4) is 0 Å². The van der Waals surface area contributed by atoms with Crippen molar-refractivity contribution >= 4 is 22.6 Å². The van der Waals surface area contributed by atoms with E-state index in [1.807, 2.05) is 4.90 Å². The summed E-state index contributed by atoms with van der Waals surface area (Å²) in [5, 5.41) is 3.58. The number of aromatic nitrogens is 2. The smallest absolute Gasteiger partial charge is 0.331 e. The van der Waals surface area contributed by atoms with Gasteiger partial charge in [-0.25, -0.2) is 9.18 Å². The van der Waals surface area contributed by atoms with E-state index >= 15 is 4.39 Å². The molecule has 9 heteroatoms. The number of likely N-dealkylation sites (N-methyl/N-ethyl adjacent to an activating group) is 1. The van der Waals surface area contributed by atoms with E-state index in [-0.39, 0.29) is 42.2 Å². The second kappa shape index (κ2) is 12.0. The summed E-state index contributed by atoms with van der Waals surface area (Å²) in [6.45, 7) is 2.96. The lowest BCUT2D eigenvalue weighted by Gasteiger charge is -2.25. The molecular weight excluding hydrogens is 463 g/mol. The third-order valence-corrected chi connectivity index (χ3v) is 7.54. The molecule has 0 radical (unpaired) electrons. The van der Waals surface area contributed by atoms with Crippen molar-refractivity contribution < 1.29 is 13.9 Å². The Morgan fingerprint density at radius 2 is 1.81 bits per heavy atom. The van der Waals surface area contributed by atoms with Gasteiger partial charge in [0.2, 0.25) is 0 Å². The van der Waals surface area contributed by atoms with Crippen LogP contribution in [0.2, 0.25) is 0 Å². The summed E-state index contributed by atoms with van der Waals surface area (Å²) in [6.07, 6.45) is 9.77. The van der Waals surface area contributed by atoms with Gasteiger partial charge in [0.25, 0.3) is 5.56 Å². The van der Waals surface area contributed by atoms with Gasteiger partial charge in [0.15, 0.2) is 0 Å². The number of nitrogens with zero attached hydrogens (tertiary/aromatic N) is 3. The summed E-state index contributed by atoms with van der Waals surface area (Å²) in [6, 6.07) is 3.20. The van der Waals surface area contributed by atoms with E-state index in [1.165, 1.54) is 17.1 Å². The summed E-state index contributed by atoms with van der Waals surface area (Å²) in [5.41, 5.74) is 0.105. The molecule has 2 aromatic rings. The van der Waals surface area contributed by atoms with Gasteiger partial charge < -0.3 is 10.1 Å². The molecule has 0 aliphatic heterocycles. The van der Waals surface area contributed by atoms with Crippen LogP contribution in [-0.2, 0) is 16.1 Å². The number of nitrogens with one attached hydrogen (secondary N) is 1. The first-order valence-corrected chi connectivity index (χ1v) is 13.5. The fraction of sp³-hybridized carbons (Fsp3) is 0.667. The molecule has 36 heavy (non-hydrogen) atoms. The Bertz CT molecular complexity index is 1180. The minimum absolute atomic E-state index is 0.00586. The molecule has 2 aliphatic rings. The highest BCUT2D eigenvalue weighted by atomic mass is 19.1. The fourth-order valence-electron chi connectivity index (χ4n) is 5.69. The Morgan fingerprint density at radius 1 is 1.11 bits per heavy atom. The summed E-state index contributed by atoms with van der Waals surface area (Å²) < 4.78 is 23.1. The van der Waals surface area contributed by atoms with Gasteiger partial charge in [-0.3, -0.25) is 23.6 Å². The standard InChI is InChI=1S/C27H39FN4O4/c1-3-36-25(33)18-30(2)14-9-15-31-26(34)21-16-22(28)23(29-19-10-5-4-6-11-19)17-24(21)32(27(31)35)20-12-7-8-13-20/h16-17,19-20,29H,3-15,18H2,1-2H3. The van der Waals surface area contributed by atoms with E-state index in [9.17, 15) is 14.4 Å². The van der Waals surface area contributed by atoms with Crippen LogP contribution in [0, 0.1) is 5.82 Å². The number of rotatable bonds is 10. The molecule has 0 bridgehead atoms. The number of ether oxygens (including phenoxy) is 1. The molecule has 0 spiro atoms. The highest BCUT2D eigenvalue weighted by Crippen LogP contribution is 2.32. The van der Waals surface area contributed by atoms with E-state index in [0.29, 0.717) is 30.8 Å². The van der Waals surface area contributed by atoms with Crippen LogP contribution in [0.4, 0.5) is 10.1 Å². The predicted molar refractivity (Wildman–Crippen MR) is 139 cm³/mol. The van der Waals surface area contributed by atoms with E-state index in [0.717, 1.165) is 51.4 Å². The zero-order valence-electron chi connectivity index (χ0n) is 21.6. The van der Waals surface area contributed by atoms with E-state index in [1.54, 1.807) is 24.6 Å². The summed E-state index contributed by atoms with van der Waals surface area (Å²) in [7, 11) is 1.80. The van der Waals surface area contributed by atoms with Crippen molar-refractivity contribution in [1.29, 1.82) is 0 Å². The number of halogens is 1. The van der Waals surface area contributed by atoms with Gasteiger partial charge >= 0.3 is 11.7 Å². The van der Waals surface area contributed by atoms with Crippen LogP contribution >= 0.6 is 0 Å². The molecule has 4 rings (SSSR count). The van der Waals surface area contributed by atoms with Gasteiger partial charge in [0.05, 0.1) is 29.7 Å². The largest absolute Gasteiger partial charge is 0.465 e. The van der Waals surface area contributed by atoms with Gasteiger partial charge in [0.1, 0.15) is 5.82 Å². The maximum Gasteiger partial charge on any atom is 0.331 e. The number of hydrogen-bond donors (Lipinski definition) is 1.